The Balaban J connectivity index is 2.38. The number of hydrogen-bond acceptors (Lipinski definition) is 7. The van der Waals surface area contributed by atoms with Crippen molar-refractivity contribution in [2.45, 2.75) is 6.92 Å². The number of aliphatic imine (C=N–C) groups is 1. The summed E-state index contributed by atoms with van der Waals surface area (Å²) in [5, 5.41) is 9.47. The van der Waals surface area contributed by atoms with Crippen molar-refractivity contribution < 1.29 is 13.9 Å². The molecule has 0 saturated heterocycles. The van der Waals surface area contributed by atoms with Crippen LogP contribution in [0.4, 0.5) is 15.8 Å². The summed E-state index contributed by atoms with van der Waals surface area (Å²) in [6.07, 6.45) is 0.605. The van der Waals surface area contributed by atoms with Crippen LogP contribution >= 0.6 is 12.1 Å². The van der Waals surface area contributed by atoms with E-state index in [4.69, 9.17) is 4.74 Å². The summed E-state index contributed by atoms with van der Waals surface area (Å²) >= 11 is 1.28. The molecule has 0 saturated carbocycles. The Morgan fingerprint density at radius 1 is 1.46 bits per heavy atom. The zero-order valence-corrected chi connectivity index (χ0v) is 15.1. The molecule has 0 amide bonds. The Hall–Kier alpha value is -2.89. The third-order valence-corrected chi connectivity index (χ3v) is 4.38. The smallest absolute Gasteiger partial charge is 0.182 e. The van der Waals surface area contributed by atoms with Gasteiger partial charge in [0.15, 0.2) is 17.9 Å². The summed E-state index contributed by atoms with van der Waals surface area (Å²) in [7, 11) is 1.88. The first kappa shape index (κ1) is 19.4. The zero-order chi connectivity index (χ0) is 19.1. The standard InChI is InChI=1S/C18H17FN4O2S/c1-4-23(3)26-22-17-8-6-15(19)18(14(17)10-20)25-13-5-7-16(21-2)12(9-13)11-24/h5-9,11,22H,2,4H2,1,3H3. The minimum Gasteiger partial charge on any atom is -0.453 e. The lowest BCUT2D eigenvalue weighted by atomic mass is 10.1. The van der Waals surface area contributed by atoms with E-state index in [0.29, 0.717) is 17.7 Å². The average Bonchev–Trinajstić information content (AvgIpc) is 2.67. The van der Waals surface area contributed by atoms with Crippen LogP contribution in [0.3, 0.4) is 0 Å². The topological polar surface area (TPSA) is 77.7 Å². The second kappa shape index (κ2) is 8.99. The van der Waals surface area contributed by atoms with Gasteiger partial charge in [-0.15, -0.1) is 0 Å². The van der Waals surface area contributed by atoms with Crippen LogP contribution in [0, 0.1) is 17.1 Å². The van der Waals surface area contributed by atoms with Crippen LogP contribution in [-0.2, 0) is 0 Å². The highest BCUT2D eigenvalue weighted by Gasteiger charge is 2.17. The third kappa shape index (κ3) is 4.39. The number of hydrogen-bond donors (Lipinski definition) is 1. The molecule has 0 aromatic heterocycles. The van der Waals surface area contributed by atoms with Crippen LogP contribution in [-0.4, -0.2) is 30.9 Å². The Morgan fingerprint density at radius 2 is 2.23 bits per heavy atom. The molecule has 0 unspecified atom stereocenters. The van der Waals surface area contributed by atoms with Gasteiger partial charge in [0.2, 0.25) is 0 Å². The van der Waals surface area contributed by atoms with Crippen LogP contribution < -0.4 is 9.46 Å². The largest absolute Gasteiger partial charge is 0.453 e. The number of halogens is 1. The van der Waals surface area contributed by atoms with Crippen LogP contribution in [0.15, 0.2) is 35.3 Å². The van der Waals surface area contributed by atoms with Gasteiger partial charge in [0, 0.05) is 24.2 Å². The van der Waals surface area contributed by atoms with Gasteiger partial charge in [0.05, 0.1) is 11.4 Å². The molecule has 134 valence electrons. The second-order valence-corrected chi connectivity index (χ2v) is 6.16. The normalized spacial score (nSPS) is 10.3. The number of benzene rings is 2. The predicted octanol–water partition coefficient (Wildman–Crippen LogP) is 4.56. The highest BCUT2D eigenvalue weighted by atomic mass is 32.2. The van der Waals surface area contributed by atoms with Crippen LogP contribution in [0.25, 0.3) is 0 Å². The monoisotopic (exact) mass is 372 g/mol. The highest BCUT2D eigenvalue weighted by Crippen LogP contribution is 2.35. The molecule has 0 bridgehead atoms. The van der Waals surface area contributed by atoms with Crippen molar-refractivity contribution >= 4 is 36.5 Å². The molecule has 8 heteroatoms. The van der Waals surface area contributed by atoms with Gasteiger partial charge in [-0.1, -0.05) is 6.92 Å². The van der Waals surface area contributed by atoms with E-state index >= 15 is 0 Å². The zero-order valence-electron chi connectivity index (χ0n) is 14.3. The highest BCUT2D eigenvalue weighted by molar-refractivity contribution is 7.98. The Morgan fingerprint density at radius 3 is 2.85 bits per heavy atom. The van der Waals surface area contributed by atoms with E-state index in [0.717, 1.165) is 6.54 Å². The summed E-state index contributed by atoms with van der Waals surface area (Å²) in [4.78, 5) is 14.8. The molecule has 1 N–H and O–H groups in total. The number of carbonyl (C=O) groups excluding carboxylic acids is 1. The van der Waals surface area contributed by atoms with Crippen molar-refractivity contribution in [3.63, 3.8) is 0 Å². The first-order chi connectivity index (χ1) is 12.5. The van der Waals surface area contributed by atoms with E-state index in [1.165, 1.54) is 42.5 Å². The van der Waals surface area contributed by atoms with Crippen LogP contribution in [0.2, 0.25) is 0 Å². The van der Waals surface area contributed by atoms with Crippen molar-refractivity contribution in [2.24, 2.45) is 4.99 Å². The molecule has 0 heterocycles. The molecule has 0 aliphatic rings. The van der Waals surface area contributed by atoms with Crippen molar-refractivity contribution in [3.05, 3.63) is 47.3 Å². The Bertz CT molecular complexity index is 867. The summed E-state index contributed by atoms with van der Waals surface area (Å²) in [6.45, 7) is 6.14. The fourth-order valence-electron chi connectivity index (χ4n) is 2.00. The van der Waals surface area contributed by atoms with Gasteiger partial charge in [0.1, 0.15) is 17.4 Å². The van der Waals surface area contributed by atoms with E-state index in [-0.39, 0.29) is 22.6 Å². The number of rotatable bonds is 8. The number of nitrogens with one attached hydrogen (secondary N) is 1. The molecule has 6 nitrogen and oxygen atoms in total. The van der Waals surface area contributed by atoms with Crippen molar-refractivity contribution in [2.75, 3.05) is 18.3 Å². The van der Waals surface area contributed by atoms with E-state index in [1.54, 1.807) is 0 Å². The van der Waals surface area contributed by atoms with Crippen molar-refractivity contribution in [1.29, 1.82) is 5.26 Å². The molecule has 0 aliphatic carbocycles. The van der Waals surface area contributed by atoms with Crippen LogP contribution in [0.5, 0.6) is 11.5 Å². The van der Waals surface area contributed by atoms with Gasteiger partial charge in [-0.05, 0) is 44.1 Å². The molecular weight excluding hydrogens is 355 g/mol. The molecule has 2 aromatic carbocycles. The van der Waals surface area contributed by atoms with E-state index < -0.39 is 5.82 Å². The molecule has 0 atom stereocenters. The number of carbonyl (C=O) groups is 1. The fraction of sp³-hybridized carbons (Fsp3) is 0.167. The SMILES string of the molecule is C=Nc1ccc(Oc2c(F)ccc(NSN(C)CC)c2C#N)cc1C=O. The maximum absolute atomic E-state index is 14.3. The Kier molecular flexibility index (Phi) is 6.72. The van der Waals surface area contributed by atoms with Gasteiger partial charge in [-0.25, -0.2) is 8.70 Å². The maximum Gasteiger partial charge on any atom is 0.182 e. The first-order valence-electron chi connectivity index (χ1n) is 7.64. The van der Waals surface area contributed by atoms with Crippen LogP contribution in [0.1, 0.15) is 22.8 Å². The summed E-state index contributed by atoms with van der Waals surface area (Å²) in [6, 6.07) is 9.12. The molecule has 0 radical (unpaired) electrons. The summed E-state index contributed by atoms with van der Waals surface area (Å²) in [5.74, 6) is -0.682. The molecular formula is C18H17FN4O2S. The predicted molar refractivity (Wildman–Crippen MR) is 102 cm³/mol. The number of nitrogens with zero attached hydrogens (tertiary/aromatic N) is 3. The minimum atomic E-state index is -0.681. The molecule has 26 heavy (non-hydrogen) atoms. The molecule has 0 fully saturated rings. The average molecular weight is 372 g/mol. The van der Waals surface area contributed by atoms with Gasteiger partial charge < -0.3 is 9.46 Å². The number of anilines is 1. The fourth-order valence-corrected chi connectivity index (χ4v) is 2.55. The summed E-state index contributed by atoms with van der Waals surface area (Å²) < 4.78 is 24.8. The quantitative estimate of drug-likeness (QED) is 0.416. The third-order valence-electron chi connectivity index (χ3n) is 3.49. The maximum atomic E-state index is 14.3. The van der Waals surface area contributed by atoms with E-state index in [9.17, 15) is 14.4 Å². The number of ether oxygens (including phenoxy) is 1. The number of aldehydes is 1. The van der Waals surface area contributed by atoms with Crippen molar-refractivity contribution in [1.82, 2.24) is 4.31 Å². The molecule has 0 spiro atoms. The lowest BCUT2D eigenvalue weighted by Crippen LogP contribution is -2.11. The molecule has 0 aliphatic heterocycles. The first-order valence-corrected chi connectivity index (χ1v) is 8.41. The Labute approximate surface area is 155 Å². The lowest BCUT2D eigenvalue weighted by molar-refractivity contribution is 0.112. The van der Waals surface area contributed by atoms with Gasteiger partial charge >= 0.3 is 0 Å². The van der Waals surface area contributed by atoms with E-state index in [1.807, 2.05) is 24.3 Å². The number of nitriles is 1. The second-order valence-electron chi connectivity index (χ2n) is 5.15. The van der Waals surface area contributed by atoms with Gasteiger partial charge in [0.25, 0.3) is 0 Å². The van der Waals surface area contributed by atoms with Crippen molar-refractivity contribution in [3.8, 4) is 17.6 Å². The lowest BCUT2D eigenvalue weighted by Gasteiger charge is -2.16. The summed E-state index contributed by atoms with van der Waals surface area (Å²) in [5.41, 5.74) is 1.10. The van der Waals surface area contributed by atoms with E-state index in [2.05, 4.69) is 16.4 Å². The van der Waals surface area contributed by atoms with Gasteiger partial charge in [-0.2, -0.15) is 5.26 Å². The van der Waals surface area contributed by atoms with Gasteiger partial charge in [-0.3, -0.25) is 9.79 Å². The minimum absolute atomic E-state index is 0.0283. The molecule has 2 aromatic rings. The molecule has 2 rings (SSSR count).